The average molecular weight is 877 g/mol. The molecule has 0 spiro atoms. The molecule has 2 nitrogen and oxygen atoms in total. The van der Waals surface area contributed by atoms with Crippen LogP contribution in [0.3, 0.4) is 0 Å². The van der Waals surface area contributed by atoms with Crippen molar-refractivity contribution in [3.8, 4) is 0 Å². The van der Waals surface area contributed by atoms with Gasteiger partial charge in [0.05, 0.1) is 5.69 Å². The number of rotatable bonds is 2. The molecule has 0 N–H and O–H groups in total. The molecule has 0 radical (unpaired) electrons. The van der Waals surface area contributed by atoms with Gasteiger partial charge in [-0.2, -0.15) is 0 Å². The van der Waals surface area contributed by atoms with E-state index in [-0.39, 0.29) is 44.6 Å². The van der Waals surface area contributed by atoms with Gasteiger partial charge in [0, 0.05) is 43.3 Å². The Morgan fingerprint density at radius 2 is 1.00 bits per heavy atom. The zero-order valence-corrected chi connectivity index (χ0v) is 43.4. The molecule has 2 aliphatic heterocycles. The molecule has 11 rings (SSSR count). The van der Waals surface area contributed by atoms with Gasteiger partial charge in [-0.3, -0.25) is 0 Å². The van der Waals surface area contributed by atoms with Gasteiger partial charge in [-0.25, -0.2) is 0 Å². The number of thiophene rings is 1. The van der Waals surface area contributed by atoms with Crippen LogP contribution in [0.5, 0.6) is 0 Å². The van der Waals surface area contributed by atoms with E-state index in [1.54, 1.807) is 5.56 Å². The Morgan fingerprint density at radius 1 is 0.492 bits per heavy atom. The lowest BCUT2D eigenvalue weighted by molar-refractivity contribution is 0.332. The van der Waals surface area contributed by atoms with Crippen LogP contribution in [0.4, 0.5) is 34.1 Å². The highest BCUT2D eigenvalue weighted by atomic mass is 32.1. The number of hydrogen-bond acceptors (Lipinski definition) is 3. The highest BCUT2D eigenvalue weighted by molar-refractivity contribution is 7.33. The normalized spacial score (nSPS) is 21.2. The van der Waals surface area contributed by atoms with Gasteiger partial charge in [0.25, 0.3) is 6.71 Å². The Balaban J connectivity index is 1.25. The molecule has 6 aromatic rings. The summed E-state index contributed by atoms with van der Waals surface area (Å²) in [6, 6.07) is 32.8. The van der Waals surface area contributed by atoms with Gasteiger partial charge in [-0.15, -0.1) is 11.3 Å². The van der Waals surface area contributed by atoms with Gasteiger partial charge in [-0.1, -0.05) is 134 Å². The predicted octanol–water partition coefficient (Wildman–Crippen LogP) is 15.6. The topological polar surface area (TPSA) is 6.48 Å². The molecule has 0 saturated heterocycles. The van der Waals surface area contributed by atoms with Crippen LogP contribution >= 0.6 is 11.3 Å². The molecule has 0 bridgehead atoms. The molecule has 0 amide bonds. The molecule has 3 aliphatic carbocycles. The van der Waals surface area contributed by atoms with Crippen molar-refractivity contribution in [2.75, 3.05) is 9.80 Å². The van der Waals surface area contributed by atoms with Crippen molar-refractivity contribution in [3.05, 3.63) is 123 Å². The number of aryl methyl sites for hydroxylation is 1. The van der Waals surface area contributed by atoms with Crippen LogP contribution in [0.25, 0.3) is 10.1 Å². The molecule has 3 heterocycles. The summed E-state index contributed by atoms with van der Waals surface area (Å²) < 4.78 is 2.90. The van der Waals surface area contributed by atoms with Crippen LogP contribution in [0.2, 0.25) is 0 Å². The van der Waals surface area contributed by atoms with E-state index < -0.39 is 0 Å². The van der Waals surface area contributed by atoms with Crippen LogP contribution in [0.1, 0.15) is 187 Å². The van der Waals surface area contributed by atoms with Crippen LogP contribution in [-0.4, -0.2) is 6.71 Å². The van der Waals surface area contributed by atoms with Crippen molar-refractivity contribution in [1.82, 2.24) is 0 Å². The Hall–Kier alpha value is -4.28. The number of hydrogen-bond donors (Lipinski definition) is 0. The van der Waals surface area contributed by atoms with Gasteiger partial charge in [-0.05, 0) is 187 Å². The maximum atomic E-state index is 2.73. The maximum absolute atomic E-state index is 2.73. The van der Waals surface area contributed by atoms with Gasteiger partial charge in [0.15, 0.2) is 0 Å². The molecule has 0 fully saturated rings. The monoisotopic (exact) mass is 877 g/mol. The maximum Gasteiger partial charge on any atom is 0.264 e. The summed E-state index contributed by atoms with van der Waals surface area (Å²) in [7, 11) is 0. The van der Waals surface area contributed by atoms with Gasteiger partial charge in [0.1, 0.15) is 0 Å². The molecule has 336 valence electrons. The fourth-order valence-corrected chi connectivity index (χ4v) is 14.5. The van der Waals surface area contributed by atoms with E-state index in [1.807, 2.05) is 0 Å². The number of nitrogens with zero attached hydrogens (tertiary/aromatic N) is 2. The highest BCUT2D eigenvalue weighted by Gasteiger charge is 2.48. The molecular weight excluding hydrogens is 804 g/mol. The Bertz CT molecular complexity index is 3020. The molecule has 0 atom stereocenters. The van der Waals surface area contributed by atoms with Crippen molar-refractivity contribution in [2.24, 2.45) is 0 Å². The van der Waals surface area contributed by atoms with Crippen LogP contribution < -0.4 is 25.5 Å². The number of fused-ring (bicyclic) bond motifs is 9. The second-order valence-corrected chi connectivity index (χ2v) is 27.3. The Morgan fingerprint density at radius 3 is 1.58 bits per heavy atom. The van der Waals surface area contributed by atoms with E-state index in [9.17, 15) is 0 Å². The third kappa shape index (κ3) is 6.23. The summed E-state index contributed by atoms with van der Waals surface area (Å²) in [5.41, 5.74) is 23.4. The summed E-state index contributed by atoms with van der Waals surface area (Å²) in [6.07, 6.45) is 7.23. The van der Waals surface area contributed by atoms with Crippen LogP contribution in [0, 0.1) is 6.92 Å². The highest BCUT2D eigenvalue weighted by Crippen LogP contribution is 2.55. The molecule has 65 heavy (non-hydrogen) atoms. The van der Waals surface area contributed by atoms with E-state index in [4.69, 9.17) is 0 Å². The zero-order valence-electron chi connectivity index (χ0n) is 42.6. The van der Waals surface area contributed by atoms with Crippen LogP contribution in [-0.2, 0) is 37.9 Å². The van der Waals surface area contributed by atoms with E-state index in [1.165, 1.54) is 137 Å². The predicted molar refractivity (Wildman–Crippen MR) is 285 cm³/mol. The lowest BCUT2D eigenvalue weighted by Crippen LogP contribution is -2.60. The smallest absolute Gasteiger partial charge is 0.264 e. The van der Waals surface area contributed by atoms with Crippen molar-refractivity contribution in [1.29, 1.82) is 0 Å². The van der Waals surface area contributed by atoms with E-state index >= 15 is 0 Å². The van der Waals surface area contributed by atoms with Crippen molar-refractivity contribution in [2.45, 2.75) is 187 Å². The van der Waals surface area contributed by atoms with Gasteiger partial charge < -0.3 is 9.80 Å². The molecule has 5 aromatic carbocycles. The first-order valence-electron chi connectivity index (χ1n) is 25.0. The van der Waals surface area contributed by atoms with Crippen molar-refractivity contribution >= 4 is 78.0 Å². The van der Waals surface area contributed by atoms with E-state index in [0.717, 1.165) is 0 Å². The fourth-order valence-electron chi connectivity index (χ4n) is 13.1. The lowest BCUT2D eigenvalue weighted by Gasteiger charge is -2.46. The summed E-state index contributed by atoms with van der Waals surface area (Å²) in [4.78, 5) is 5.42. The van der Waals surface area contributed by atoms with Crippen LogP contribution in [0.15, 0.2) is 78.9 Å². The van der Waals surface area contributed by atoms with Gasteiger partial charge in [0.2, 0.25) is 0 Å². The van der Waals surface area contributed by atoms with Crippen molar-refractivity contribution < 1.29 is 0 Å². The van der Waals surface area contributed by atoms with Crippen molar-refractivity contribution in [3.63, 3.8) is 0 Å². The first kappa shape index (κ1) is 43.3. The Labute approximate surface area is 396 Å². The number of benzene rings is 5. The first-order chi connectivity index (χ1) is 30.2. The fraction of sp³-hybridized carbons (Fsp3) is 0.475. The number of anilines is 6. The minimum absolute atomic E-state index is 0.000619. The summed E-state index contributed by atoms with van der Waals surface area (Å²) in [5, 5.41) is 1.41. The molecule has 0 saturated carbocycles. The quantitative estimate of drug-likeness (QED) is 0.160. The molecule has 4 heteroatoms. The Kier molecular flexibility index (Phi) is 8.96. The average Bonchev–Trinajstić information content (AvgIpc) is 3.60. The van der Waals surface area contributed by atoms with E-state index in [0.29, 0.717) is 0 Å². The van der Waals surface area contributed by atoms with E-state index in [2.05, 4.69) is 211 Å². The summed E-state index contributed by atoms with van der Waals surface area (Å²) >= 11 is 2.07. The summed E-state index contributed by atoms with van der Waals surface area (Å²) in [6.45, 7) is 39.3. The molecular formula is C61H73BN2S. The second kappa shape index (κ2) is 13.5. The minimum Gasteiger partial charge on any atom is -0.311 e. The second-order valence-electron chi connectivity index (χ2n) is 26.3. The molecule has 1 aromatic heterocycles. The summed E-state index contributed by atoms with van der Waals surface area (Å²) in [5.74, 6) is 0. The first-order valence-corrected chi connectivity index (χ1v) is 25.8. The SMILES string of the molecule is Cc1cc2c(cc1N1c3ccc(C(C)(C)C)cc3B3c4sc5cc6c(cc5c4N(c4ccc5c(c4)C(C)(C)CCC5(C)C)c4cccc1c43)C(C)(C)CCC6(C)C)C(C)(C)CCC2(C)C. The third-order valence-electron chi connectivity index (χ3n) is 17.9. The minimum atomic E-state index is 0.000619. The largest absolute Gasteiger partial charge is 0.311 e. The zero-order chi connectivity index (χ0) is 46.3. The molecule has 5 aliphatic rings. The van der Waals surface area contributed by atoms with Gasteiger partial charge >= 0.3 is 0 Å². The standard InChI is InChI=1S/C61H73BN2S/c1-36-30-41-44(60(13,14)28-26-57(41,7)8)34-50(36)64-47-23-20-37(55(2,3)4)31-46(47)62-52-48(18-17-19-49(52)64)63(38-21-22-40-42(32-38)58(9,10)25-24-56(40,5)6)53-39-33-43-45(35-51(39)65-54(53)62)61(15,16)29-27-59(43,11)12/h17-23,30-35H,24-29H2,1-16H3. The third-order valence-corrected chi connectivity index (χ3v) is 19.1. The lowest BCUT2D eigenvalue weighted by atomic mass is 9.36. The molecule has 0 unspecified atom stereocenters.